The molecule has 0 unspecified atom stereocenters. The summed E-state index contributed by atoms with van der Waals surface area (Å²) in [5.41, 5.74) is -0.553. The zero-order valence-corrected chi connectivity index (χ0v) is 13.0. The lowest BCUT2D eigenvalue weighted by molar-refractivity contribution is -0.150. The first-order valence-corrected chi connectivity index (χ1v) is 7.47. The summed E-state index contributed by atoms with van der Waals surface area (Å²) in [6.45, 7) is 3.51. The van der Waals surface area contributed by atoms with Crippen molar-refractivity contribution in [3.8, 4) is 0 Å². The fourth-order valence-electron chi connectivity index (χ4n) is 2.94. The van der Waals surface area contributed by atoms with Gasteiger partial charge in [0.25, 0.3) is 0 Å². The molecule has 21 heavy (non-hydrogen) atoms. The van der Waals surface area contributed by atoms with Gasteiger partial charge in [0.15, 0.2) is 0 Å². The minimum atomic E-state index is -0.652. The number of carboxylic acids is 1. The Morgan fingerprint density at radius 3 is 2.62 bits per heavy atom. The molecule has 0 spiro atoms. The van der Waals surface area contributed by atoms with Gasteiger partial charge in [0.2, 0.25) is 5.95 Å². The highest BCUT2D eigenvalue weighted by Gasteiger charge is 2.40. The van der Waals surface area contributed by atoms with Crippen molar-refractivity contribution < 1.29 is 9.90 Å². The minimum Gasteiger partial charge on any atom is -0.481 e. The molecule has 0 atom stereocenters. The van der Waals surface area contributed by atoms with Crippen LogP contribution in [0.1, 0.15) is 32.6 Å². The van der Waals surface area contributed by atoms with E-state index in [1.54, 1.807) is 6.20 Å². The molecule has 116 valence electrons. The van der Waals surface area contributed by atoms with Crippen LogP contribution in [0.15, 0.2) is 12.3 Å². The van der Waals surface area contributed by atoms with E-state index in [4.69, 9.17) is 0 Å². The molecule has 2 rings (SSSR count). The molecule has 0 radical (unpaired) electrons. The Hall–Kier alpha value is -1.85. The summed E-state index contributed by atoms with van der Waals surface area (Å²) in [5, 5.41) is 9.54. The van der Waals surface area contributed by atoms with Crippen molar-refractivity contribution in [2.45, 2.75) is 32.6 Å². The molecule has 1 saturated heterocycles. The Morgan fingerprint density at radius 1 is 1.43 bits per heavy atom. The molecule has 0 saturated carbocycles. The molecule has 6 nitrogen and oxygen atoms in total. The SMILES string of the molecule is CCCC1(C(=O)O)CCN(c2ccnc(N(C)C)n2)CC1. The highest BCUT2D eigenvalue weighted by atomic mass is 16.4. The average Bonchev–Trinajstić information content (AvgIpc) is 2.48. The van der Waals surface area contributed by atoms with Gasteiger partial charge in [0.05, 0.1) is 5.41 Å². The molecular formula is C15H24N4O2. The summed E-state index contributed by atoms with van der Waals surface area (Å²) >= 11 is 0. The van der Waals surface area contributed by atoms with Gasteiger partial charge in [-0.25, -0.2) is 4.98 Å². The van der Waals surface area contributed by atoms with Gasteiger partial charge in [-0.2, -0.15) is 4.98 Å². The van der Waals surface area contributed by atoms with Gasteiger partial charge in [0, 0.05) is 33.4 Å². The zero-order chi connectivity index (χ0) is 15.5. The molecular weight excluding hydrogens is 268 g/mol. The van der Waals surface area contributed by atoms with Crippen LogP contribution in [0.2, 0.25) is 0 Å². The van der Waals surface area contributed by atoms with Gasteiger partial charge in [-0.05, 0) is 25.3 Å². The maximum atomic E-state index is 11.6. The number of anilines is 2. The normalized spacial score (nSPS) is 17.6. The highest BCUT2D eigenvalue weighted by Crippen LogP contribution is 2.37. The lowest BCUT2D eigenvalue weighted by Crippen LogP contribution is -2.44. The third-order valence-corrected chi connectivity index (χ3v) is 4.25. The van der Waals surface area contributed by atoms with E-state index in [1.165, 1.54) is 0 Å². The van der Waals surface area contributed by atoms with Crippen molar-refractivity contribution in [3.63, 3.8) is 0 Å². The van der Waals surface area contributed by atoms with E-state index < -0.39 is 11.4 Å². The monoisotopic (exact) mass is 292 g/mol. The van der Waals surface area contributed by atoms with Gasteiger partial charge in [-0.1, -0.05) is 13.3 Å². The molecule has 1 fully saturated rings. The van der Waals surface area contributed by atoms with E-state index in [0.29, 0.717) is 18.8 Å². The van der Waals surface area contributed by atoms with Crippen LogP contribution in [0, 0.1) is 5.41 Å². The van der Waals surface area contributed by atoms with E-state index in [2.05, 4.69) is 14.9 Å². The van der Waals surface area contributed by atoms with Crippen LogP contribution < -0.4 is 9.80 Å². The Morgan fingerprint density at radius 2 is 2.10 bits per heavy atom. The Kier molecular flexibility index (Phi) is 4.65. The maximum Gasteiger partial charge on any atom is 0.309 e. The van der Waals surface area contributed by atoms with Crippen molar-refractivity contribution in [3.05, 3.63) is 12.3 Å². The molecule has 1 aliphatic heterocycles. The van der Waals surface area contributed by atoms with Crippen LogP contribution in [0.4, 0.5) is 11.8 Å². The van der Waals surface area contributed by atoms with Crippen LogP contribution in [0.5, 0.6) is 0 Å². The molecule has 0 aromatic carbocycles. The molecule has 0 aliphatic carbocycles. The summed E-state index contributed by atoms with van der Waals surface area (Å²) in [7, 11) is 3.82. The number of aromatic nitrogens is 2. The summed E-state index contributed by atoms with van der Waals surface area (Å²) in [5.74, 6) is 0.904. The van der Waals surface area contributed by atoms with Crippen molar-refractivity contribution in [1.29, 1.82) is 0 Å². The summed E-state index contributed by atoms with van der Waals surface area (Å²) in [6.07, 6.45) is 4.77. The molecule has 1 aromatic heterocycles. The van der Waals surface area contributed by atoms with Crippen LogP contribution in [-0.2, 0) is 4.79 Å². The van der Waals surface area contributed by atoms with Crippen LogP contribution in [-0.4, -0.2) is 48.2 Å². The summed E-state index contributed by atoms with van der Waals surface area (Å²) < 4.78 is 0. The van der Waals surface area contributed by atoms with E-state index >= 15 is 0 Å². The predicted molar refractivity (Wildman–Crippen MR) is 82.8 cm³/mol. The van der Waals surface area contributed by atoms with Crippen molar-refractivity contribution in [1.82, 2.24) is 9.97 Å². The van der Waals surface area contributed by atoms with Gasteiger partial charge in [-0.3, -0.25) is 4.79 Å². The Bertz CT molecular complexity index is 496. The standard InChI is InChI=1S/C15H24N4O2/c1-4-6-15(13(20)21)7-10-19(11-8-15)12-5-9-16-14(17-12)18(2)3/h5,9H,4,6-8,10-11H2,1-3H3,(H,20,21). The number of nitrogens with zero attached hydrogens (tertiary/aromatic N) is 4. The summed E-state index contributed by atoms with van der Waals surface area (Å²) in [4.78, 5) is 24.4. The Labute approximate surface area is 125 Å². The second-order valence-electron chi connectivity index (χ2n) is 5.93. The third kappa shape index (κ3) is 3.25. The zero-order valence-electron chi connectivity index (χ0n) is 13.0. The quantitative estimate of drug-likeness (QED) is 0.895. The van der Waals surface area contributed by atoms with Gasteiger partial charge in [-0.15, -0.1) is 0 Å². The smallest absolute Gasteiger partial charge is 0.309 e. The van der Waals surface area contributed by atoms with E-state index in [1.807, 2.05) is 32.0 Å². The third-order valence-electron chi connectivity index (χ3n) is 4.25. The largest absolute Gasteiger partial charge is 0.481 e. The van der Waals surface area contributed by atoms with E-state index in [9.17, 15) is 9.90 Å². The highest BCUT2D eigenvalue weighted by molar-refractivity contribution is 5.75. The minimum absolute atomic E-state index is 0.553. The van der Waals surface area contributed by atoms with Crippen LogP contribution in [0.3, 0.4) is 0 Å². The fraction of sp³-hybridized carbons (Fsp3) is 0.667. The first-order chi connectivity index (χ1) is 9.98. The van der Waals surface area contributed by atoms with Crippen molar-refractivity contribution in [2.75, 3.05) is 37.0 Å². The number of carboxylic acid groups (broad SMARTS) is 1. The summed E-state index contributed by atoms with van der Waals surface area (Å²) in [6, 6.07) is 1.89. The fourth-order valence-corrected chi connectivity index (χ4v) is 2.94. The number of rotatable bonds is 5. The molecule has 0 bridgehead atoms. The first kappa shape index (κ1) is 15.5. The Balaban J connectivity index is 2.10. The molecule has 1 N–H and O–H groups in total. The number of hydrogen-bond donors (Lipinski definition) is 1. The predicted octanol–water partition coefficient (Wildman–Crippen LogP) is 2.01. The molecule has 1 aromatic rings. The van der Waals surface area contributed by atoms with Gasteiger partial charge < -0.3 is 14.9 Å². The molecule has 1 aliphatic rings. The van der Waals surface area contributed by atoms with Crippen LogP contribution >= 0.6 is 0 Å². The first-order valence-electron chi connectivity index (χ1n) is 7.47. The number of piperidine rings is 1. The molecule has 0 amide bonds. The second kappa shape index (κ2) is 6.28. The number of aliphatic carboxylic acids is 1. The topological polar surface area (TPSA) is 69.6 Å². The molecule has 6 heteroatoms. The number of hydrogen-bond acceptors (Lipinski definition) is 5. The second-order valence-corrected chi connectivity index (χ2v) is 5.93. The lowest BCUT2D eigenvalue weighted by Gasteiger charge is -2.39. The lowest BCUT2D eigenvalue weighted by atomic mass is 9.75. The van der Waals surface area contributed by atoms with E-state index in [0.717, 1.165) is 31.7 Å². The molecule has 2 heterocycles. The van der Waals surface area contributed by atoms with Crippen molar-refractivity contribution in [2.24, 2.45) is 5.41 Å². The van der Waals surface area contributed by atoms with Gasteiger partial charge >= 0.3 is 5.97 Å². The van der Waals surface area contributed by atoms with E-state index in [-0.39, 0.29) is 0 Å². The van der Waals surface area contributed by atoms with Crippen molar-refractivity contribution >= 4 is 17.7 Å². The average molecular weight is 292 g/mol. The van der Waals surface area contributed by atoms with Gasteiger partial charge in [0.1, 0.15) is 5.82 Å². The van der Waals surface area contributed by atoms with Crippen LogP contribution in [0.25, 0.3) is 0 Å². The number of carbonyl (C=O) groups is 1. The maximum absolute atomic E-state index is 11.6.